The minimum atomic E-state index is -0.520. The molecule has 3 rings (SSSR count). The van der Waals surface area contributed by atoms with Crippen molar-refractivity contribution in [3.05, 3.63) is 36.0 Å². The van der Waals surface area contributed by atoms with Crippen LogP contribution in [0.3, 0.4) is 0 Å². The van der Waals surface area contributed by atoms with Gasteiger partial charge in [-0.1, -0.05) is 0 Å². The molecule has 1 N–H and O–H groups in total. The molecule has 0 aliphatic carbocycles. The molecule has 1 aliphatic heterocycles. The highest BCUT2D eigenvalue weighted by Gasteiger charge is 2.29. The number of hydrogen-bond donors (Lipinski definition) is 1. The van der Waals surface area contributed by atoms with Crippen LogP contribution in [0, 0.1) is 11.3 Å². The lowest BCUT2D eigenvalue weighted by Gasteiger charge is -2.39. The lowest BCUT2D eigenvalue weighted by molar-refractivity contribution is -0.0735. The Morgan fingerprint density at radius 2 is 2.23 bits per heavy atom. The molecule has 0 bridgehead atoms. The molecule has 5 nitrogen and oxygen atoms in total. The highest BCUT2D eigenvalue weighted by atomic mass is 16.5. The van der Waals surface area contributed by atoms with Gasteiger partial charge in [-0.05, 0) is 38.1 Å². The molecule has 1 fully saturated rings. The van der Waals surface area contributed by atoms with Gasteiger partial charge in [0.25, 0.3) is 0 Å². The summed E-state index contributed by atoms with van der Waals surface area (Å²) in [5.74, 6) is 0. The molecule has 1 aliphatic rings. The summed E-state index contributed by atoms with van der Waals surface area (Å²) in [7, 11) is 0. The number of pyridine rings is 1. The van der Waals surface area contributed by atoms with Crippen molar-refractivity contribution in [2.45, 2.75) is 32.2 Å². The van der Waals surface area contributed by atoms with Crippen molar-refractivity contribution in [2.75, 3.05) is 18.0 Å². The van der Waals surface area contributed by atoms with E-state index in [2.05, 4.69) is 16.0 Å². The van der Waals surface area contributed by atoms with Gasteiger partial charge in [0.05, 0.1) is 23.3 Å². The molecule has 114 valence electrons. The summed E-state index contributed by atoms with van der Waals surface area (Å²) in [5.41, 5.74) is 2.32. The van der Waals surface area contributed by atoms with Crippen LogP contribution in [-0.2, 0) is 4.74 Å². The number of morpholine rings is 1. The van der Waals surface area contributed by atoms with Crippen LogP contribution in [-0.4, -0.2) is 41.5 Å². The Morgan fingerprint density at radius 1 is 1.41 bits per heavy atom. The Kier molecular flexibility index (Phi) is 3.97. The van der Waals surface area contributed by atoms with Gasteiger partial charge in [0, 0.05) is 30.4 Å². The topological polar surface area (TPSA) is 69.4 Å². The van der Waals surface area contributed by atoms with Gasteiger partial charge < -0.3 is 14.7 Å². The Balaban J connectivity index is 2.05. The van der Waals surface area contributed by atoms with Crippen LogP contribution in [0.1, 0.15) is 19.4 Å². The fraction of sp³-hybridized carbons (Fsp3) is 0.412. The first kappa shape index (κ1) is 14.8. The predicted molar refractivity (Wildman–Crippen MR) is 84.7 cm³/mol. The van der Waals surface area contributed by atoms with Gasteiger partial charge in [0.1, 0.15) is 12.2 Å². The van der Waals surface area contributed by atoms with Crippen molar-refractivity contribution in [1.29, 1.82) is 5.26 Å². The third-order valence-corrected chi connectivity index (χ3v) is 4.03. The molecular weight excluding hydrogens is 278 g/mol. The fourth-order valence-corrected chi connectivity index (χ4v) is 2.97. The van der Waals surface area contributed by atoms with Crippen LogP contribution < -0.4 is 4.90 Å². The summed E-state index contributed by atoms with van der Waals surface area (Å²) in [6, 6.07) is 9.82. The van der Waals surface area contributed by atoms with Crippen molar-refractivity contribution in [3.8, 4) is 6.07 Å². The van der Waals surface area contributed by atoms with E-state index >= 15 is 0 Å². The number of aromatic nitrogens is 1. The van der Waals surface area contributed by atoms with Crippen molar-refractivity contribution < 1.29 is 9.84 Å². The van der Waals surface area contributed by atoms with Gasteiger partial charge in [0.15, 0.2) is 0 Å². The molecule has 5 heteroatoms. The van der Waals surface area contributed by atoms with Crippen molar-refractivity contribution >= 4 is 16.6 Å². The largest absolute Gasteiger partial charge is 0.391 e. The van der Waals surface area contributed by atoms with Crippen LogP contribution in [0.2, 0.25) is 0 Å². The quantitative estimate of drug-likeness (QED) is 0.919. The van der Waals surface area contributed by atoms with E-state index in [-0.39, 0.29) is 12.2 Å². The number of nitrogens with zero attached hydrogens (tertiary/aromatic N) is 3. The van der Waals surface area contributed by atoms with Gasteiger partial charge in [0.2, 0.25) is 0 Å². The number of hydrogen-bond acceptors (Lipinski definition) is 5. The van der Waals surface area contributed by atoms with Gasteiger partial charge >= 0.3 is 0 Å². The second kappa shape index (κ2) is 5.91. The Labute approximate surface area is 129 Å². The number of ether oxygens (including phenoxy) is 1. The molecule has 0 saturated carbocycles. The molecule has 0 unspecified atom stereocenters. The first-order valence-electron chi connectivity index (χ1n) is 7.46. The Bertz CT molecular complexity index is 723. The molecule has 2 aromatic rings. The number of aliphatic hydroxyl groups is 1. The fourth-order valence-electron chi connectivity index (χ4n) is 2.97. The smallest absolute Gasteiger partial charge is 0.101 e. The number of aliphatic hydroxyl groups excluding tert-OH is 1. The average Bonchev–Trinajstić information content (AvgIpc) is 2.53. The Morgan fingerprint density at radius 3 is 2.95 bits per heavy atom. The first-order valence-corrected chi connectivity index (χ1v) is 7.46. The maximum absolute atomic E-state index is 9.85. The van der Waals surface area contributed by atoms with E-state index in [1.165, 1.54) is 0 Å². The normalized spacial score (nSPS) is 23.3. The lowest BCUT2D eigenvalue weighted by Crippen LogP contribution is -2.50. The summed E-state index contributed by atoms with van der Waals surface area (Å²) in [4.78, 5) is 6.56. The van der Waals surface area contributed by atoms with Gasteiger partial charge in [-0.3, -0.25) is 4.98 Å². The minimum absolute atomic E-state index is 0.0377. The zero-order valence-electron chi connectivity index (χ0n) is 12.7. The van der Waals surface area contributed by atoms with E-state index in [1.807, 2.05) is 31.2 Å². The third-order valence-electron chi connectivity index (χ3n) is 4.03. The highest BCUT2D eigenvalue weighted by molar-refractivity contribution is 5.95. The average molecular weight is 297 g/mol. The SMILES string of the molecule is C[C@@H]1CN(c2ccc(C#N)c3ncccc23)C[C@H]([C@@H](C)O)O1. The maximum atomic E-state index is 9.85. The van der Waals surface area contributed by atoms with Crippen molar-refractivity contribution in [2.24, 2.45) is 0 Å². The number of rotatable bonds is 2. The number of nitriles is 1. The van der Waals surface area contributed by atoms with E-state index in [0.29, 0.717) is 12.1 Å². The van der Waals surface area contributed by atoms with Gasteiger partial charge in [-0.2, -0.15) is 5.26 Å². The van der Waals surface area contributed by atoms with Gasteiger partial charge in [-0.25, -0.2) is 0 Å². The molecule has 3 atom stereocenters. The standard InChI is InChI=1S/C17H19N3O2/c1-11-9-20(10-16(22-11)12(2)21)15-6-5-13(8-18)17-14(15)4-3-7-19-17/h3-7,11-12,16,21H,9-10H2,1-2H3/t11-,12-,16-/m1/s1. The van der Waals surface area contributed by atoms with Crippen molar-refractivity contribution in [3.63, 3.8) is 0 Å². The van der Waals surface area contributed by atoms with Crippen molar-refractivity contribution in [1.82, 2.24) is 4.98 Å². The molecule has 1 aromatic heterocycles. The molecular formula is C17H19N3O2. The molecule has 0 amide bonds. The minimum Gasteiger partial charge on any atom is -0.391 e. The molecule has 1 saturated heterocycles. The monoisotopic (exact) mass is 297 g/mol. The third kappa shape index (κ3) is 2.63. The second-order valence-corrected chi connectivity index (χ2v) is 5.77. The summed E-state index contributed by atoms with van der Waals surface area (Å²) in [5, 5.41) is 20.0. The lowest BCUT2D eigenvalue weighted by atomic mass is 10.1. The molecule has 0 radical (unpaired) electrons. The van der Waals surface area contributed by atoms with Crippen LogP contribution in [0.25, 0.3) is 10.9 Å². The van der Waals surface area contributed by atoms with Crippen LogP contribution in [0.15, 0.2) is 30.5 Å². The molecule has 22 heavy (non-hydrogen) atoms. The number of fused-ring (bicyclic) bond motifs is 1. The molecule has 0 spiro atoms. The summed E-state index contributed by atoms with van der Waals surface area (Å²) in [6.45, 7) is 5.13. The van der Waals surface area contributed by atoms with Crippen LogP contribution in [0.4, 0.5) is 5.69 Å². The molecule has 1 aromatic carbocycles. The summed E-state index contributed by atoms with van der Waals surface area (Å²) in [6.07, 6.45) is 1.00. The first-order chi connectivity index (χ1) is 10.6. The van der Waals surface area contributed by atoms with E-state index < -0.39 is 6.10 Å². The Hall–Kier alpha value is -2.16. The van der Waals surface area contributed by atoms with E-state index in [4.69, 9.17) is 4.74 Å². The highest BCUT2D eigenvalue weighted by Crippen LogP contribution is 2.30. The summed E-state index contributed by atoms with van der Waals surface area (Å²) >= 11 is 0. The zero-order chi connectivity index (χ0) is 15.7. The summed E-state index contributed by atoms with van der Waals surface area (Å²) < 4.78 is 5.80. The second-order valence-electron chi connectivity index (χ2n) is 5.77. The molecule has 2 heterocycles. The zero-order valence-corrected chi connectivity index (χ0v) is 12.7. The van der Waals surface area contributed by atoms with E-state index in [0.717, 1.165) is 23.1 Å². The number of benzene rings is 1. The maximum Gasteiger partial charge on any atom is 0.101 e. The van der Waals surface area contributed by atoms with E-state index in [9.17, 15) is 10.4 Å². The van der Waals surface area contributed by atoms with Crippen LogP contribution >= 0.6 is 0 Å². The van der Waals surface area contributed by atoms with E-state index in [1.54, 1.807) is 13.1 Å². The van der Waals surface area contributed by atoms with Crippen LogP contribution in [0.5, 0.6) is 0 Å². The predicted octanol–water partition coefficient (Wildman–Crippen LogP) is 2.08. The number of anilines is 1. The van der Waals surface area contributed by atoms with Gasteiger partial charge in [-0.15, -0.1) is 0 Å².